The van der Waals surface area contributed by atoms with Gasteiger partial charge >= 0.3 is 0 Å². The highest BCUT2D eigenvalue weighted by atomic mass is 35.5. The number of ether oxygens (including phenoxy) is 4. The number of hydrogen-bond donors (Lipinski definition) is 1. The third kappa shape index (κ3) is 4.65. The Bertz CT molecular complexity index is 852. The number of amides is 1. The smallest absolute Gasteiger partial charge is 0.244 e. The van der Waals surface area contributed by atoms with Crippen molar-refractivity contribution in [3.63, 3.8) is 0 Å². The van der Waals surface area contributed by atoms with Crippen LogP contribution in [-0.2, 0) is 4.79 Å². The van der Waals surface area contributed by atoms with Gasteiger partial charge in [-0.1, -0.05) is 23.7 Å². The molecule has 0 saturated carbocycles. The Morgan fingerprint density at radius 3 is 2.78 bits per heavy atom. The molecule has 0 unspecified atom stereocenters. The maximum atomic E-state index is 12.1. The Hall–Kier alpha value is -2.86. The lowest BCUT2D eigenvalue weighted by atomic mass is 10.2. The first kappa shape index (κ1) is 18.9. The van der Waals surface area contributed by atoms with Crippen LogP contribution >= 0.6 is 11.6 Å². The van der Waals surface area contributed by atoms with Crippen LogP contribution in [0.4, 0.5) is 0 Å². The molecule has 3 rings (SSSR count). The van der Waals surface area contributed by atoms with Crippen molar-refractivity contribution in [3.8, 4) is 23.0 Å². The third-order valence-electron chi connectivity index (χ3n) is 3.95. The Morgan fingerprint density at radius 1 is 1.26 bits per heavy atom. The number of rotatable bonds is 6. The number of para-hydroxylation sites is 2. The normalized spacial score (nSPS) is 15.4. The largest absolute Gasteiger partial charge is 0.493 e. The summed E-state index contributed by atoms with van der Waals surface area (Å²) < 4.78 is 21.9. The second-order valence-electron chi connectivity index (χ2n) is 5.81. The molecule has 0 bridgehead atoms. The molecule has 0 saturated heterocycles. The maximum absolute atomic E-state index is 12.1. The zero-order valence-electron chi connectivity index (χ0n) is 15.0. The fourth-order valence-electron chi connectivity index (χ4n) is 2.64. The highest BCUT2D eigenvalue weighted by molar-refractivity contribution is 6.32. The number of benzene rings is 2. The molecule has 6 nitrogen and oxygen atoms in total. The Morgan fingerprint density at radius 2 is 2.04 bits per heavy atom. The summed E-state index contributed by atoms with van der Waals surface area (Å²) >= 11 is 6.16. The van der Waals surface area contributed by atoms with E-state index in [2.05, 4.69) is 5.32 Å². The van der Waals surface area contributed by atoms with Gasteiger partial charge in [0.25, 0.3) is 0 Å². The standard InChI is InChI=1S/C20H20ClNO5/c1-24-18-10-13(9-15(21)20(18)25-2)7-8-19(23)22-11-14-12-26-16-5-3-4-6-17(16)27-14/h3-10,14H,11-12H2,1-2H3,(H,22,23)/b8-7+/t14-/m0/s1. The molecule has 1 aliphatic rings. The predicted molar refractivity (Wildman–Crippen MR) is 103 cm³/mol. The molecule has 1 N–H and O–H groups in total. The number of methoxy groups -OCH3 is 2. The molecule has 1 heterocycles. The minimum Gasteiger partial charge on any atom is -0.493 e. The molecule has 27 heavy (non-hydrogen) atoms. The molecule has 1 amide bonds. The van der Waals surface area contributed by atoms with Crippen LogP contribution in [0.2, 0.25) is 5.02 Å². The van der Waals surface area contributed by atoms with Crippen molar-refractivity contribution < 1.29 is 23.7 Å². The monoisotopic (exact) mass is 389 g/mol. The summed E-state index contributed by atoms with van der Waals surface area (Å²) in [5.74, 6) is 2.10. The van der Waals surface area contributed by atoms with E-state index in [4.69, 9.17) is 30.5 Å². The maximum Gasteiger partial charge on any atom is 0.244 e. The number of carbonyl (C=O) groups is 1. The minimum absolute atomic E-state index is 0.243. The van der Waals surface area contributed by atoms with Gasteiger partial charge in [-0.3, -0.25) is 4.79 Å². The van der Waals surface area contributed by atoms with Crippen LogP contribution < -0.4 is 24.3 Å². The second kappa shape index (κ2) is 8.68. The lowest BCUT2D eigenvalue weighted by Crippen LogP contribution is -2.40. The van der Waals surface area contributed by atoms with E-state index < -0.39 is 0 Å². The molecule has 1 atom stereocenters. The first-order chi connectivity index (χ1) is 13.1. The number of carbonyl (C=O) groups excluding carboxylic acids is 1. The van der Waals surface area contributed by atoms with Crippen LogP contribution in [-0.4, -0.2) is 39.4 Å². The summed E-state index contributed by atoms with van der Waals surface area (Å²) in [7, 11) is 3.04. The predicted octanol–water partition coefficient (Wildman–Crippen LogP) is 3.33. The highest BCUT2D eigenvalue weighted by Gasteiger charge is 2.20. The van der Waals surface area contributed by atoms with Crippen LogP contribution in [0.3, 0.4) is 0 Å². The van der Waals surface area contributed by atoms with Crippen molar-refractivity contribution in [3.05, 3.63) is 53.1 Å². The molecule has 0 aliphatic carbocycles. The number of nitrogens with one attached hydrogen (secondary N) is 1. The molecule has 7 heteroatoms. The molecule has 2 aromatic rings. The first-order valence-corrected chi connectivity index (χ1v) is 8.74. The SMILES string of the molecule is COc1cc(/C=C/C(=O)NC[C@H]2COc3ccccc3O2)cc(Cl)c1OC. The van der Waals surface area contributed by atoms with Crippen LogP contribution in [0.1, 0.15) is 5.56 Å². The van der Waals surface area contributed by atoms with E-state index in [1.165, 1.54) is 20.3 Å². The second-order valence-corrected chi connectivity index (χ2v) is 6.22. The van der Waals surface area contributed by atoms with Gasteiger partial charge in [0.15, 0.2) is 23.0 Å². The van der Waals surface area contributed by atoms with E-state index in [1.807, 2.05) is 24.3 Å². The van der Waals surface area contributed by atoms with Gasteiger partial charge in [-0.15, -0.1) is 0 Å². The number of halogens is 1. The summed E-state index contributed by atoms with van der Waals surface area (Å²) in [5.41, 5.74) is 0.721. The number of hydrogen-bond acceptors (Lipinski definition) is 5. The van der Waals surface area contributed by atoms with E-state index in [9.17, 15) is 4.79 Å². The molecular weight excluding hydrogens is 370 g/mol. The molecule has 2 aromatic carbocycles. The van der Waals surface area contributed by atoms with Gasteiger partial charge < -0.3 is 24.3 Å². The first-order valence-electron chi connectivity index (χ1n) is 8.36. The lowest BCUT2D eigenvalue weighted by Gasteiger charge is -2.26. The Balaban J connectivity index is 1.56. The summed E-state index contributed by atoms with van der Waals surface area (Å²) in [4.78, 5) is 12.1. The molecule has 0 fully saturated rings. The summed E-state index contributed by atoms with van der Waals surface area (Å²) in [5, 5.41) is 3.21. The quantitative estimate of drug-likeness (QED) is 0.768. The fourth-order valence-corrected chi connectivity index (χ4v) is 2.94. The van der Waals surface area contributed by atoms with Crippen molar-refractivity contribution in [2.45, 2.75) is 6.10 Å². The van der Waals surface area contributed by atoms with Gasteiger partial charge in [-0.05, 0) is 35.9 Å². The van der Waals surface area contributed by atoms with E-state index in [0.29, 0.717) is 41.2 Å². The summed E-state index contributed by atoms with van der Waals surface area (Å²) in [6, 6.07) is 10.9. The molecule has 0 spiro atoms. The summed E-state index contributed by atoms with van der Waals surface area (Å²) in [6.45, 7) is 0.719. The van der Waals surface area contributed by atoms with E-state index in [-0.39, 0.29) is 12.0 Å². The average Bonchev–Trinajstić information content (AvgIpc) is 2.70. The highest BCUT2D eigenvalue weighted by Crippen LogP contribution is 2.36. The Kier molecular flexibility index (Phi) is 6.08. The van der Waals surface area contributed by atoms with Gasteiger partial charge in [-0.25, -0.2) is 0 Å². The van der Waals surface area contributed by atoms with Gasteiger partial charge in [0.1, 0.15) is 12.7 Å². The molecule has 0 aromatic heterocycles. The molecule has 1 aliphatic heterocycles. The van der Waals surface area contributed by atoms with Crippen molar-refractivity contribution >= 4 is 23.6 Å². The lowest BCUT2D eigenvalue weighted by molar-refractivity contribution is -0.116. The van der Waals surface area contributed by atoms with Crippen LogP contribution in [0, 0.1) is 0 Å². The summed E-state index contributed by atoms with van der Waals surface area (Å²) in [6.07, 6.45) is 2.83. The van der Waals surface area contributed by atoms with Gasteiger partial charge in [0.2, 0.25) is 5.91 Å². The van der Waals surface area contributed by atoms with Crippen molar-refractivity contribution in [2.24, 2.45) is 0 Å². The van der Waals surface area contributed by atoms with Crippen LogP contribution in [0.5, 0.6) is 23.0 Å². The zero-order valence-corrected chi connectivity index (χ0v) is 15.8. The topological polar surface area (TPSA) is 66.0 Å². The van der Waals surface area contributed by atoms with Crippen molar-refractivity contribution in [1.82, 2.24) is 5.32 Å². The van der Waals surface area contributed by atoms with Gasteiger partial charge in [-0.2, -0.15) is 0 Å². The minimum atomic E-state index is -0.247. The van der Waals surface area contributed by atoms with E-state index in [1.54, 1.807) is 18.2 Å². The third-order valence-corrected chi connectivity index (χ3v) is 4.24. The van der Waals surface area contributed by atoms with Crippen molar-refractivity contribution in [1.29, 1.82) is 0 Å². The molecule has 142 valence electrons. The van der Waals surface area contributed by atoms with Crippen molar-refractivity contribution in [2.75, 3.05) is 27.4 Å². The van der Waals surface area contributed by atoms with Crippen LogP contribution in [0.25, 0.3) is 6.08 Å². The van der Waals surface area contributed by atoms with Gasteiger partial charge in [0, 0.05) is 6.08 Å². The fraction of sp³-hybridized carbons (Fsp3) is 0.250. The van der Waals surface area contributed by atoms with E-state index in [0.717, 1.165) is 5.56 Å². The Labute approximate surface area is 162 Å². The van der Waals surface area contributed by atoms with Crippen LogP contribution in [0.15, 0.2) is 42.5 Å². The van der Waals surface area contributed by atoms with Gasteiger partial charge in [0.05, 0.1) is 25.8 Å². The average molecular weight is 390 g/mol. The zero-order chi connectivity index (χ0) is 19.2. The van der Waals surface area contributed by atoms with E-state index >= 15 is 0 Å². The molecule has 0 radical (unpaired) electrons. The number of fused-ring (bicyclic) bond motifs is 1. The molecular formula is C20H20ClNO5.